The van der Waals surface area contributed by atoms with Crippen molar-refractivity contribution in [2.45, 2.75) is 23.8 Å². The number of halogens is 2. The molecule has 1 aromatic heterocycles. The number of carboxylic acid groups (broad SMARTS) is 1. The number of fused-ring (bicyclic) bond motifs is 1. The van der Waals surface area contributed by atoms with Crippen LogP contribution in [-0.2, 0) is 0 Å². The summed E-state index contributed by atoms with van der Waals surface area (Å²) in [5, 5.41) is 12.4. The lowest BCUT2D eigenvalue weighted by molar-refractivity contribution is 0.0695. The maximum atomic E-state index is 14.4. The second-order valence-corrected chi connectivity index (χ2v) is 7.15. The number of thioether (sulfide) groups is 1. The van der Waals surface area contributed by atoms with E-state index < -0.39 is 17.2 Å². The molecule has 0 spiro atoms. The van der Waals surface area contributed by atoms with Crippen molar-refractivity contribution in [3.05, 3.63) is 38.9 Å². The lowest BCUT2D eigenvalue weighted by atomic mass is 10.1. The first-order chi connectivity index (χ1) is 11.5. The average molecular weight is 371 g/mol. The fourth-order valence-electron chi connectivity index (χ4n) is 2.60. The van der Waals surface area contributed by atoms with Crippen LogP contribution >= 0.6 is 23.4 Å². The van der Waals surface area contributed by atoms with Crippen molar-refractivity contribution in [1.82, 2.24) is 9.88 Å². The van der Waals surface area contributed by atoms with E-state index in [0.717, 1.165) is 18.9 Å². The average Bonchev–Trinajstić information content (AvgIpc) is 3.36. The van der Waals surface area contributed by atoms with Gasteiger partial charge in [0.1, 0.15) is 11.4 Å². The fraction of sp³-hybridized carbons (Fsp3) is 0.375. The Morgan fingerprint density at radius 1 is 1.54 bits per heavy atom. The summed E-state index contributed by atoms with van der Waals surface area (Å²) in [6.07, 6.45) is 3.09. The molecule has 0 unspecified atom stereocenters. The molecule has 3 rings (SSSR count). The standard InChI is InChI=1S/C16H16ClFN2O3S/c1-19-4-5-24-15-11(18)6-9-13(12(15)17)20(8-2-3-8)7-10(14(9)21)16(22)23/h6-8,19H,2-5H2,1H3,(H,22,23). The Kier molecular flexibility index (Phi) is 4.85. The van der Waals surface area contributed by atoms with Crippen molar-refractivity contribution in [2.75, 3.05) is 19.3 Å². The Hall–Kier alpha value is -1.57. The van der Waals surface area contributed by atoms with E-state index in [0.29, 0.717) is 17.8 Å². The Labute approximate surface area is 146 Å². The molecule has 128 valence electrons. The second kappa shape index (κ2) is 6.74. The molecular formula is C16H16ClFN2O3S. The number of nitrogens with one attached hydrogen (secondary N) is 1. The Bertz CT molecular complexity index is 880. The molecule has 8 heteroatoms. The van der Waals surface area contributed by atoms with Crippen LogP contribution in [0.15, 0.2) is 22.0 Å². The van der Waals surface area contributed by atoms with Crippen molar-refractivity contribution in [3.8, 4) is 0 Å². The minimum absolute atomic E-state index is 0.0160. The minimum Gasteiger partial charge on any atom is -0.477 e. The van der Waals surface area contributed by atoms with Crippen LogP contribution < -0.4 is 10.7 Å². The first-order valence-corrected chi connectivity index (χ1v) is 8.89. The van der Waals surface area contributed by atoms with Gasteiger partial charge in [0.2, 0.25) is 5.43 Å². The van der Waals surface area contributed by atoms with Crippen molar-refractivity contribution in [2.24, 2.45) is 0 Å². The quantitative estimate of drug-likeness (QED) is 0.603. The highest BCUT2D eigenvalue weighted by Crippen LogP contribution is 2.41. The molecule has 0 saturated heterocycles. The largest absolute Gasteiger partial charge is 0.477 e. The van der Waals surface area contributed by atoms with Gasteiger partial charge in [0.15, 0.2) is 0 Å². The van der Waals surface area contributed by atoms with Gasteiger partial charge in [-0.2, -0.15) is 0 Å². The maximum Gasteiger partial charge on any atom is 0.341 e. The Morgan fingerprint density at radius 3 is 2.83 bits per heavy atom. The van der Waals surface area contributed by atoms with E-state index in [2.05, 4.69) is 5.32 Å². The highest BCUT2D eigenvalue weighted by Gasteiger charge is 2.29. The summed E-state index contributed by atoms with van der Waals surface area (Å²) >= 11 is 7.69. The molecule has 1 saturated carbocycles. The summed E-state index contributed by atoms with van der Waals surface area (Å²) in [5.41, 5.74) is -0.648. The fourth-order valence-corrected chi connectivity index (χ4v) is 3.99. The zero-order valence-electron chi connectivity index (χ0n) is 12.9. The number of pyridine rings is 1. The Morgan fingerprint density at radius 2 is 2.25 bits per heavy atom. The highest BCUT2D eigenvalue weighted by molar-refractivity contribution is 7.99. The molecule has 1 aliphatic rings. The monoisotopic (exact) mass is 370 g/mol. The van der Waals surface area contributed by atoms with Gasteiger partial charge in [0.25, 0.3) is 0 Å². The van der Waals surface area contributed by atoms with Crippen LogP contribution in [0, 0.1) is 5.82 Å². The van der Waals surface area contributed by atoms with Gasteiger partial charge in [0.05, 0.1) is 20.8 Å². The molecular weight excluding hydrogens is 355 g/mol. The number of benzene rings is 1. The van der Waals surface area contributed by atoms with Crippen LogP contribution in [0.1, 0.15) is 29.2 Å². The predicted octanol–water partition coefficient (Wildman–Crippen LogP) is 3.14. The molecule has 2 aromatic rings. The first kappa shape index (κ1) is 17.3. The van der Waals surface area contributed by atoms with Gasteiger partial charge in [-0.05, 0) is 26.0 Å². The van der Waals surface area contributed by atoms with E-state index in [4.69, 9.17) is 11.6 Å². The van der Waals surface area contributed by atoms with Crippen molar-refractivity contribution >= 4 is 40.2 Å². The smallest absolute Gasteiger partial charge is 0.341 e. The number of nitrogens with zero attached hydrogens (tertiary/aromatic N) is 1. The van der Waals surface area contributed by atoms with Crippen molar-refractivity contribution in [3.63, 3.8) is 0 Å². The molecule has 0 amide bonds. The topological polar surface area (TPSA) is 71.3 Å². The van der Waals surface area contributed by atoms with Gasteiger partial charge in [-0.3, -0.25) is 4.79 Å². The Balaban J connectivity index is 2.26. The third-order valence-electron chi connectivity index (χ3n) is 3.94. The molecule has 0 atom stereocenters. The summed E-state index contributed by atoms with van der Waals surface area (Å²) in [4.78, 5) is 24.0. The number of aromatic nitrogens is 1. The number of carbonyl (C=O) groups is 1. The van der Waals surface area contributed by atoms with E-state index >= 15 is 0 Å². The van der Waals surface area contributed by atoms with Gasteiger partial charge < -0.3 is 15.0 Å². The second-order valence-electron chi connectivity index (χ2n) is 5.67. The normalized spacial score (nSPS) is 14.3. The van der Waals surface area contributed by atoms with Gasteiger partial charge >= 0.3 is 5.97 Å². The molecule has 24 heavy (non-hydrogen) atoms. The molecule has 0 radical (unpaired) electrons. The molecule has 0 aliphatic heterocycles. The molecule has 1 aliphatic carbocycles. The summed E-state index contributed by atoms with van der Waals surface area (Å²) in [6.45, 7) is 0.686. The number of carboxylic acids is 1. The summed E-state index contributed by atoms with van der Waals surface area (Å²) < 4.78 is 16.2. The summed E-state index contributed by atoms with van der Waals surface area (Å²) in [5.74, 6) is -1.30. The van der Waals surface area contributed by atoms with Crippen LogP contribution in [0.4, 0.5) is 4.39 Å². The lowest BCUT2D eigenvalue weighted by Gasteiger charge is -2.15. The predicted molar refractivity (Wildman–Crippen MR) is 93.1 cm³/mol. The summed E-state index contributed by atoms with van der Waals surface area (Å²) in [6, 6.07) is 1.21. The van der Waals surface area contributed by atoms with Crippen LogP contribution in [0.25, 0.3) is 10.9 Å². The third kappa shape index (κ3) is 3.03. The van der Waals surface area contributed by atoms with Crippen LogP contribution in [-0.4, -0.2) is 35.0 Å². The maximum absolute atomic E-state index is 14.4. The van der Waals surface area contributed by atoms with Gasteiger partial charge in [-0.1, -0.05) is 11.6 Å². The lowest BCUT2D eigenvalue weighted by Crippen LogP contribution is -2.19. The molecule has 1 fully saturated rings. The SMILES string of the molecule is CNCCSc1c(F)cc2c(=O)c(C(=O)O)cn(C3CC3)c2c1Cl. The minimum atomic E-state index is -1.32. The van der Waals surface area contributed by atoms with Gasteiger partial charge in [-0.25, -0.2) is 9.18 Å². The molecule has 5 nitrogen and oxygen atoms in total. The van der Waals surface area contributed by atoms with E-state index in [-0.39, 0.29) is 26.9 Å². The van der Waals surface area contributed by atoms with E-state index in [9.17, 15) is 19.1 Å². The van der Waals surface area contributed by atoms with E-state index in [1.165, 1.54) is 18.0 Å². The number of hydrogen-bond donors (Lipinski definition) is 2. The highest BCUT2D eigenvalue weighted by atomic mass is 35.5. The van der Waals surface area contributed by atoms with Crippen LogP contribution in [0.2, 0.25) is 5.02 Å². The number of rotatable bonds is 6. The van der Waals surface area contributed by atoms with Crippen LogP contribution in [0.5, 0.6) is 0 Å². The molecule has 0 bridgehead atoms. The molecule has 1 heterocycles. The zero-order valence-corrected chi connectivity index (χ0v) is 14.5. The molecule has 1 aromatic carbocycles. The first-order valence-electron chi connectivity index (χ1n) is 7.53. The van der Waals surface area contributed by atoms with E-state index in [1.807, 2.05) is 0 Å². The van der Waals surface area contributed by atoms with E-state index in [1.54, 1.807) is 11.6 Å². The van der Waals surface area contributed by atoms with Gasteiger partial charge in [-0.15, -0.1) is 11.8 Å². The van der Waals surface area contributed by atoms with Crippen LogP contribution in [0.3, 0.4) is 0 Å². The van der Waals surface area contributed by atoms with Crippen molar-refractivity contribution in [1.29, 1.82) is 0 Å². The number of aromatic carboxylic acids is 1. The zero-order chi connectivity index (χ0) is 17.4. The summed E-state index contributed by atoms with van der Waals surface area (Å²) in [7, 11) is 1.80. The number of hydrogen-bond acceptors (Lipinski definition) is 4. The van der Waals surface area contributed by atoms with Crippen molar-refractivity contribution < 1.29 is 14.3 Å². The molecule has 2 N–H and O–H groups in total. The van der Waals surface area contributed by atoms with Gasteiger partial charge in [0, 0.05) is 24.5 Å². The third-order valence-corrected chi connectivity index (χ3v) is 5.51.